The molecule has 3 rings (SSSR count). The van der Waals surface area contributed by atoms with Crippen molar-refractivity contribution in [2.75, 3.05) is 6.26 Å². The first-order valence-electron chi connectivity index (χ1n) is 7.97. The van der Waals surface area contributed by atoms with Gasteiger partial charge in [0.25, 0.3) is 5.91 Å². The molecule has 0 radical (unpaired) electrons. The van der Waals surface area contributed by atoms with Crippen molar-refractivity contribution in [3.05, 3.63) is 71.0 Å². The zero-order valence-corrected chi connectivity index (χ0v) is 14.9. The number of furan rings is 1. The van der Waals surface area contributed by atoms with Crippen LogP contribution in [0.25, 0.3) is 11.0 Å². The number of nitrogens with one attached hydrogen (secondary N) is 1. The number of carbonyl (C=O) groups excluding carboxylic acids is 1. The molecule has 2 aromatic carbocycles. The normalized spacial score (nSPS) is 12.3. The number of hydrogen-bond donors (Lipinski definition) is 1. The van der Waals surface area contributed by atoms with Gasteiger partial charge in [0.2, 0.25) is 0 Å². The molecule has 1 unspecified atom stereocenters. The molecule has 1 N–H and O–H groups in total. The summed E-state index contributed by atoms with van der Waals surface area (Å²) in [5.41, 5.74) is 4.01. The Morgan fingerprint density at radius 2 is 1.88 bits per heavy atom. The van der Waals surface area contributed by atoms with E-state index in [0.29, 0.717) is 5.76 Å². The van der Waals surface area contributed by atoms with Crippen LogP contribution in [0.1, 0.15) is 40.2 Å². The third-order valence-corrected chi connectivity index (χ3v) is 4.77. The predicted molar refractivity (Wildman–Crippen MR) is 100 cm³/mol. The van der Waals surface area contributed by atoms with Gasteiger partial charge in [-0.1, -0.05) is 42.5 Å². The Hall–Kier alpha value is -2.20. The number of hydrogen-bond acceptors (Lipinski definition) is 3. The summed E-state index contributed by atoms with van der Waals surface area (Å²) in [6.45, 7) is 4.05. The average Bonchev–Trinajstić information content (AvgIpc) is 2.94. The Morgan fingerprint density at radius 1 is 1.17 bits per heavy atom. The molecular formula is C20H21NO2S. The minimum atomic E-state index is -0.161. The molecule has 1 aromatic heterocycles. The third-order valence-electron chi connectivity index (χ3n) is 4.20. The van der Waals surface area contributed by atoms with Gasteiger partial charge in [0, 0.05) is 16.7 Å². The molecule has 3 nitrogen and oxygen atoms in total. The van der Waals surface area contributed by atoms with Gasteiger partial charge >= 0.3 is 0 Å². The van der Waals surface area contributed by atoms with Crippen molar-refractivity contribution in [1.29, 1.82) is 0 Å². The summed E-state index contributed by atoms with van der Waals surface area (Å²) in [6, 6.07) is 15.8. The second-order valence-electron chi connectivity index (χ2n) is 5.89. The smallest absolute Gasteiger partial charge is 0.287 e. The zero-order valence-electron chi connectivity index (χ0n) is 14.1. The summed E-state index contributed by atoms with van der Waals surface area (Å²) in [5, 5.41) is 4.09. The highest BCUT2D eigenvalue weighted by Crippen LogP contribution is 2.29. The summed E-state index contributed by atoms with van der Waals surface area (Å²) in [4.78, 5) is 12.8. The summed E-state index contributed by atoms with van der Waals surface area (Å²) in [7, 11) is 0. The molecule has 0 bridgehead atoms. The van der Waals surface area contributed by atoms with E-state index in [1.54, 1.807) is 11.8 Å². The fourth-order valence-electron chi connectivity index (χ4n) is 2.98. The maximum Gasteiger partial charge on any atom is 0.287 e. The van der Waals surface area contributed by atoms with Crippen LogP contribution in [0.4, 0.5) is 0 Å². The van der Waals surface area contributed by atoms with Crippen LogP contribution in [0, 0.1) is 6.92 Å². The lowest BCUT2D eigenvalue weighted by molar-refractivity contribution is 0.0913. The topological polar surface area (TPSA) is 42.2 Å². The maximum atomic E-state index is 12.8. The number of aryl methyl sites for hydroxylation is 1. The predicted octanol–water partition coefficient (Wildman–Crippen LogP) is 5.10. The largest absolute Gasteiger partial charge is 0.451 e. The molecule has 124 valence electrons. The lowest BCUT2D eigenvalue weighted by Crippen LogP contribution is -2.27. The van der Waals surface area contributed by atoms with E-state index in [9.17, 15) is 4.79 Å². The monoisotopic (exact) mass is 339 g/mol. The van der Waals surface area contributed by atoms with Crippen LogP contribution < -0.4 is 5.32 Å². The van der Waals surface area contributed by atoms with E-state index in [0.717, 1.165) is 27.8 Å². The van der Waals surface area contributed by atoms with Crippen LogP contribution in [-0.4, -0.2) is 12.2 Å². The van der Waals surface area contributed by atoms with Gasteiger partial charge in [-0.25, -0.2) is 0 Å². The van der Waals surface area contributed by atoms with Crippen molar-refractivity contribution in [3.63, 3.8) is 0 Å². The first-order chi connectivity index (χ1) is 11.6. The number of benzene rings is 2. The van der Waals surface area contributed by atoms with Crippen LogP contribution in [0.5, 0.6) is 0 Å². The number of carbonyl (C=O) groups is 1. The molecule has 0 aliphatic heterocycles. The highest BCUT2D eigenvalue weighted by atomic mass is 32.2. The molecule has 0 saturated heterocycles. The van der Waals surface area contributed by atoms with Gasteiger partial charge in [-0.05, 0) is 37.3 Å². The van der Waals surface area contributed by atoms with Gasteiger partial charge in [0.15, 0.2) is 5.76 Å². The Labute approximate surface area is 146 Å². The van der Waals surface area contributed by atoms with Gasteiger partial charge in [-0.3, -0.25) is 4.79 Å². The molecule has 3 aromatic rings. The summed E-state index contributed by atoms with van der Waals surface area (Å²) < 4.78 is 5.86. The molecule has 1 atom stereocenters. The Kier molecular flexibility index (Phi) is 4.95. The number of rotatable bonds is 5. The minimum absolute atomic E-state index is 0.0750. The summed E-state index contributed by atoms with van der Waals surface area (Å²) >= 11 is 1.68. The minimum Gasteiger partial charge on any atom is -0.451 e. The van der Waals surface area contributed by atoms with Crippen molar-refractivity contribution in [2.45, 2.75) is 25.6 Å². The Morgan fingerprint density at radius 3 is 2.62 bits per heavy atom. The number of fused-ring (bicyclic) bond motifs is 1. The molecule has 0 saturated carbocycles. The molecule has 24 heavy (non-hydrogen) atoms. The van der Waals surface area contributed by atoms with Crippen molar-refractivity contribution < 1.29 is 9.21 Å². The third kappa shape index (κ3) is 3.20. The average molecular weight is 339 g/mol. The fraction of sp³-hybridized carbons (Fsp3) is 0.250. The number of thioether (sulfide) groups is 1. The number of amides is 1. The quantitative estimate of drug-likeness (QED) is 0.703. The van der Waals surface area contributed by atoms with E-state index in [1.807, 2.05) is 55.6 Å². The molecule has 0 aliphatic carbocycles. The molecular weight excluding hydrogens is 318 g/mol. The summed E-state index contributed by atoms with van der Waals surface area (Å²) in [6.07, 6.45) is 2.03. The fourth-order valence-corrected chi connectivity index (χ4v) is 3.56. The lowest BCUT2D eigenvalue weighted by Gasteiger charge is -2.16. The highest BCUT2D eigenvalue weighted by Gasteiger charge is 2.22. The molecule has 1 amide bonds. The van der Waals surface area contributed by atoms with Crippen LogP contribution in [0.2, 0.25) is 0 Å². The Bertz CT molecular complexity index is 869. The summed E-state index contributed by atoms with van der Waals surface area (Å²) in [5.74, 6) is 1.01. The molecule has 4 heteroatoms. The Balaban J connectivity index is 1.91. The van der Waals surface area contributed by atoms with E-state index in [4.69, 9.17) is 4.42 Å². The second kappa shape index (κ2) is 7.14. The van der Waals surface area contributed by atoms with Gasteiger partial charge in [-0.15, -0.1) is 0 Å². The van der Waals surface area contributed by atoms with Crippen LogP contribution in [-0.2, 0) is 5.75 Å². The van der Waals surface area contributed by atoms with E-state index in [2.05, 4.69) is 18.3 Å². The maximum absolute atomic E-state index is 12.8. The van der Waals surface area contributed by atoms with Crippen molar-refractivity contribution >= 4 is 28.6 Å². The zero-order chi connectivity index (χ0) is 17.1. The van der Waals surface area contributed by atoms with Crippen LogP contribution >= 0.6 is 11.8 Å². The van der Waals surface area contributed by atoms with Gasteiger partial charge in [-0.2, -0.15) is 11.8 Å². The van der Waals surface area contributed by atoms with Crippen molar-refractivity contribution in [2.24, 2.45) is 0 Å². The SMILES string of the molecule is CSCc1c(C(=O)NC(C)c2ccccc2C)oc2ccccc12. The van der Waals surface area contributed by atoms with E-state index >= 15 is 0 Å². The first kappa shape index (κ1) is 16.7. The molecule has 0 spiro atoms. The van der Waals surface area contributed by atoms with Gasteiger partial charge in [0.1, 0.15) is 5.58 Å². The molecule has 0 fully saturated rings. The van der Waals surface area contributed by atoms with E-state index < -0.39 is 0 Å². The van der Waals surface area contributed by atoms with Gasteiger partial charge < -0.3 is 9.73 Å². The standard InChI is InChI=1S/C20H21NO2S/c1-13-8-4-5-9-15(13)14(2)21-20(22)19-17(12-24-3)16-10-6-7-11-18(16)23-19/h4-11,14H,12H2,1-3H3,(H,21,22). The van der Waals surface area contributed by atoms with Crippen molar-refractivity contribution in [3.8, 4) is 0 Å². The molecule has 0 aliphatic rings. The molecule has 1 heterocycles. The van der Waals surface area contributed by atoms with Crippen LogP contribution in [0.3, 0.4) is 0 Å². The van der Waals surface area contributed by atoms with E-state index in [-0.39, 0.29) is 11.9 Å². The number of para-hydroxylation sites is 1. The highest BCUT2D eigenvalue weighted by molar-refractivity contribution is 7.97. The van der Waals surface area contributed by atoms with E-state index in [1.165, 1.54) is 5.56 Å². The van der Waals surface area contributed by atoms with Gasteiger partial charge in [0.05, 0.1) is 6.04 Å². The lowest BCUT2D eigenvalue weighted by atomic mass is 10.0. The van der Waals surface area contributed by atoms with Crippen LogP contribution in [0.15, 0.2) is 52.9 Å². The van der Waals surface area contributed by atoms with Crippen molar-refractivity contribution in [1.82, 2.24) is 5.32 Å². The second-order valence-corrected chi connectivity index (χ2v) is 6.76. The first-order valence-corrected chi connectivity index (χ1v) is 9.37.